The topological polar surface area (TPSA) is 74.8 Å². The summed E-state index contributed by atoms with van der Waals surface area (Å²) in [4.78, 5) is 30.0. The number of piperazine rings is 1. The summed E-state index contributed by atoms with van der Waals surface area (Å²) in [7, 11) is 0. The molecule has 1 aromatic rings. The van der Waals surface area contributed by atoms with Gasteiger partial charge in [-0.25, -0.2) is 4.79 Å². The molecule has 0 aromatic carbocycles. The fraction of sp³-hybridized carbons (Fsp3) is 0.647. The molecular formula is C17H27N5O2. The second-order valence-electron chi connectivity index (χ2n) is 6.71. The molecule has 2 saturated heterocycles. The number of likely N-dealkylation sites (tertiary alicyclic amines) is 1. The first-order chi connectivity index (χ1) is 11.6. The van der Waals surface area contributed by atoms with Gasteiger partial charge in [0.1, 0.15) is 0 Å². The van der Waals surface area contributed by atoms with E-state index in [0.29, 0.717) is 13.1 Å². The van der Waals surface area contributed by atoms with Crippen molar-refractivity contribution < 1.29 is 9.59 Å². The molecule has 7 heteroatoms. The van der Waals surface area contributed by atoms with Gasteiger partial charge in [-0.2, -0.15) is 0 Å². The van der Waals surface area contributed by atoms with E-state index in [0.717, 1.165) is 52.1 Å². The van der Waals surface area contributed by atoms with Crippen LogP contribution in [0.5, 0.6) is 0 Å². The Bertz CT molecular complexity index is 551. The van der Waals surface area contributed by atoms with Crippen molar-refractivity contribution in [2.45, 2.75) is 19.4 Å². The second kappa shape index (κ2) is 7.70. The Morgan fingerprint density at radius 1 is 0.958 bits per heavy atom. The Kier molecular flexibility index (Phi) is 5.40. The lowest BCUT2D eigenvalue weighted by Crippen LogP contribution is -2.53. The molecule has 2 aliphatic heterocycles. The molecule has 0 aliphatic carbocycles. The van der Waals surface area contributed by atoms with Crippen LogP contribution >= 0.6 is 0 Å². The number of nitrogens with zero attached hydrogens (tertiary/aromatic N) is 4. The molecule has 0 unspecified atom stereocenters. The predicted molar refractivity (Wildman–Crippen MR) is 91.3 cm³/mol. The van der Waals surface area contributed by atoms with Gasteiger partial charge >= 0.3 is 6.03 Å². The molecule has 1 atom stereocenters. The van der Waals surface area contributed by atoms with Crippen LogP contribution in [0.2, 0.25) is 0 Å². The Morgan fingerprint density at radius 3 is 2.33 bits per heavy atom. The third-order valence-corrected chi connectivity index (χ3v) is 5.11. The van der Waals surface area contributed by atoms with Crippen LogP contribution in [0, 0.1) is 5.92 Å². The van der Waals surface area contributed by atoms with Crippen molar-refractivity contribution >= 4 is 11.9 Å². The second-order valence-corrected chi connectivity index (χ2v) is 6.71. The van der Waals surface area contributed by atoms with Crippen molar-refractivity contribution in [2.75, 3.05) is 45.8 Å². The first-order valence-electron chi connectivity index (χ1n) is 8.80. The van der Waals surface area contributed by atoms with Gasteiger partial charge in [0.05, 0.1) is 5.92 Å². The maximum absolute atomic E-state index is 12.7. The minimum Gasteiger partial charge on any atom is -0.353 e. The average Bonchev–Trinajstić information content (AvgIpc) is 3.13. The largest absolute Gasteiger partial charge is 0.353 e. The lowest BCUT2D eigenvalue weighted by molar-refractivity contribution is -0.138. The molecule has 3 heterocycles. The van der Waals surface area contributed by atoms with Crippen molar-refractivity contribution in [3.05, 3.63) is 24.5 Å². The molecule has 24 heavy (non-hydrogen) atoms. The minimum atomic E-state index is -0.415. The van der Waals surface area contributed by atoms with E-state index in [2.05, 4.69) is 21.9 Å². The summed E-state index contributed by atoms with van der Waals surface area (Å²) in [5.74, 6) is 0.101. The van der Waals surface area contributed by atoms with Crippen molar-refractivity contribution in [1.29, 1.82) is 0 Å². The summed E-state index contributed by atoms with van der Waals surface area (Å²) in [6.07, 6.45) is 5.87. The third kappa shape index (κ3) is 4.08. The van der Waals surface area contributed by atoms with Crippen molar-refractivity contribution in [3.63, 3.8) is 0 Å². The summed E-state index contributed by atoms with van der Waals surface area (Å²) >= 11 is 0. The van der Waals surface area contributed by atoms with E-state index in [-0.39, 0.29) is 11.8 Å². The van der Waals surface area contributed by atoms with E-state index < -0.39 is 6.03 Å². The van der Waals surface area contributed by atoms with Crippen LogP contribution < -0.4 is 5.73 Å². The number of rotatable bonds is 4. The van der Waals surface area contributed by atoms with Gasteiger partial charge in [0.2, 0.25) is 5.91 Å². The van der Waals surface area contributed by atoms with Crippen molar-refractivity contribution in [1.82, 2.24) is 19.3 Å². The number of piperidine rings is 1. The number of urea groups is 1. The Balaban J connectivity index is 1.44. The maximum Gasteiger partial charge on any atom is 0.314 e. The van der Waals surface area contributed by atoms with E-state index in [1.54, 1.807) is 4.90 Å². The number of carbonyl (C=O) groups excluding carboxylic acids is 2. The SMILES string of the molecule is NC(=O)N1CCC[C@H](C(=O)N2CCN(CCn3cccc3)CC2)C1. The first kappa shape index (κ1) is 16.8. The van der Waals surface area contributed by atoms with E-state index in [1.807, 2.05) is 17.0 Å². The Hall–Kier alpha value is -2.02. The molecule has 7 nitrogen and oxygen atoms in total. The van der Waals surface area contributed by atoms with Gasteiger partial charge in [-0.3, -0.25) is 9.69 Å². The van der Waals surface area contributed by atoms with Crippen LogP contribution in [0.15, 0.2) is 24.5 Å². The average molecular weight is 333 g/mol. The summed E-state index contributed by atoms with van der Waals surface area (Å²) in [5, 5.41) is 0. The predicted octanol–water partition coefficient (Wildman–Crippen LogP) is 0.423. The Morgan fingerprint density at radius 2 is 1.67 bits per heavy atom. The molecule has 1 aromatic heterocycles. The number of carbonyl (C=O) groups is 2. The molecule has 3 rings (SSSR count). The zero-order valence-corrected chi connectivity index (χ0v) is 14.1. The van der Waals surface area contributed by atoms with Gasteiger partial charge in [-0.05, 0) is 25.0 Å². The summed E-state index contributed by atoms with van der Waals surface area (Å²) < 4.78 is 2.18. The van der Waals surface area contributed by atoms with Crippen molar-refractivity contribution in [3.8, 4) is 0 Å². The molecule has 0 bridgehead atoms. The normalized spacial score (nSPS) is 22.6. The van der Waals surface area contributed by atoms with Gasteiger partial charge in [-0.15, -0.1) is 0 Å². The summed E-state index contributed by atoms with van der Waals surface area (Å²) in [6.45, 7) is 6.52. The van der Waals surface area contributed by atoms with Crippen LogP contribution in [0.1, 0.15) is 12.8 Å². The summed E-state index contributed by atoms with van der Waals surface area (Å²) in [5.41, 5.74) is 5.35. The highest BCUT2D eigenvalue weighted by atomic mass is 16.2. The van der Waals surface area contributed by atoms with Gasteiger partial charge in [-0.1, -0.05) is 0 Å². The monoisotopic (exact) mass is 333 g/mol. The molecular weight excluding hydrogens is 306 g/mol. The zero-order valence-electron chi connectivity index (χ0n) is 14.1. The number of hydrogen-bond acceptors (Lipinski definition) is 3. The van der Waals surface area contributed by atoms with Gasteiger partial charge in [0.15, 0.2) is 0 Å². The van der Waals surface area contributed by atoms with Crippen LogP contribution in [0.4, 0.5) is 4.79 Å². The number of nitrogens with two attached hydrogens (primary N) is 1. The van der Waals surface area contributed by atoms with Crippen LogP contribution in [-0.2, 0) is 11.3 Å². The quantitative estimate of drug-likeness (QED) is 0.868. The van der Waals surface area contributed by atoms with E-state index in [1.165, 1.54) is 0 Å². The fourth-order valence-corrected chi connectivity index (χ4v) is 3.61. The van der Waals surface area contributed by atoms with Crippen LogP contribution in [-0.4, -0.2) is 77.0 Å². The fourth-order valence-electron chi connectivity index (χ4n) is 3.61. The first-order valence-corrected chi connectivity index (χ1v) is 8.80. The highest BCUT2D eigenvalue weighted by Crippen LogP contribution is 2.19. The van der Waals surface area contributed by atoms with Gasteiger partial charge in [0.25, 0.3) is 0 Å². The lowest BCUT2D eigenvalue weighted by atomic mass is 9.96. The molecule has 2 fully saturated rings. The van der Waals surface area contributed by atoms with Gasteiger partial charge < -0.3 is 20.1 Å². The minimum absolute atomic E-state index is 0.0855. The lowest BCUT2D eigenvalue weighted by Gasteiger charge is -2.38. The zero-order chi connectivity index (χ0) is 16.9. The number of aromatic nitrogens is 1. The molecule has 2 aliphatic rings. The van der Waals surface area contributed by atoms with Crippen LogP contribution in [0.25, 0.3) is 0 Å². The Labute approximate surface area is 143 Å². The van der Waals surface area contributed by atoms with E-state index in [9.17, 15) is 9.59 Å². The number of amides is 3. The molecule has 3 amide bonds. The molecule has 2 N–H and O–H groups in total. The highest BCUT2D eigenvalue weighted by molar-refractivity contribution is 5.80. The highest BCUT2D eigenvalue weighted by Gasteiger charge is 2.31. The van der Waals surface area contributed by atoms with Crippen LogP contribution in [0.3, 0.4) is 0 Å². The molecule has 0 saturated carbocycles. The van der Waals surface area contributed by atoms with Gasteiger partial charge in [0, 0.05) is 64.8 Å². The third-order valence-electron chi connectivity index (χ3n) is 5.11. The van der Waals surface area contributed by atoms with Crippen molar-refractivity contribution in [2.24, 2.45) is 11.7 Å². The molecule has 132 valence electrons. The summed E-state index contributed by atoms with van der Waals surface area (Å²) in [6, 6.07) is 3.66. The number of primary amides is 1. The molecule has 0 radical (unpaired) electrons. The number of hydrogen-bond donors (Lipinski definition) is 1. The standard InChI is InChI=1S/C17H27N5O2/c18-17(24)22-7-3-4-15(14-22)16(23)21-12-10-20(11-13-21)9-8-19-5-1-2-6-19/h1-2,5-6,15H,3-4,7-14H2,(H2,18,24)/t15-/m0/s1. The van der Waals surface area contributed by atoms with E-state index in [4.69, 9.17) is 5.73 Å². The molecule has 0 spiro atoms. The smallest absolute Gasteiger partial charge is 0.314 e. The maximum atomic E-state index is 12.7. The van der Waals surface area contributed by atoms with E-state index >= 15 is 0 Å².